The van der Waals surface area contributed by atoms with Crippen molar-refractivity contribution in [3.8, 4) is 0 Å². The van der Waals surface area contributed by atoms with Crippen LogP contribution in [0, 0.1) is 0 Å². The number of hydrogen-bond acceptors (Lipinski definition) is 5. The van der Waals surface area contributed by atoms with E-state index in [2.05, 4.69) is 20.9 Å². The zero-order valence-corrected chi connectivity index (χ0v) is 14.6. The number of carbonyl (C=O) groups excluding carboxylic acids is 1. The Morgan fingerprint density at radius 1 is 1.12 bits per heavy atom. The van der Waals surface area contributed by atoms with Crippen molar-refractivity contribution in [3.63, 3.8) is 0 Å². The van der Waals surface area contributed by atoms with Gasteiger partial charge in [-0.05, 0) is 38.3 Å². The highest BCUT2D eigenvalue weighted by Gasteiger charge is 2.40. The van der Waals surface area contributed by atoms with Gasteiger partial charge in [-0.15, -0.1) is 0 Å². The Labute approximate surface area is 147 Å². The minimum absolute atomic E-state index is 0.138. The molecule has 0 N–H and O–H groups in total. The molecule has 25 heavy (non-hydrogen) atoms. The number of carbonyl (C=O) groups is 1. The number of piperazine rings is 1. The van der Waals surface area contributed by atoms with Crippen molar-refractivity contribution >= 4 is 22.6 Å². The lowest BCUT2D eigenvalue weighted by molar-refractivity contribution is -0.162. The molecule has 0 spiro atoms. The number of para-hydroxylation sites is 1. The second-order valence-corrected chi connectivity index (χ2v) is 7.03. The molecule has 6 heteroatoms. The minimum atomic E-state index is -0.637. The lowest BCUT2D eigenvalue weighted by Gasteiger charge is -2.41. The molecule has 1 aromatic carbocycles. The van der Waals surface area contributed by atoms with E-state index < -0.39 is 5.60 Å². The first-order valence-corrected chi connectivity index (χ1v) is 9.05. The summed E-state index contributed by atoms with van der Waals surface area (Å²) in [6.07, 6.45) is 4.56. The number of hydrogen-bond donors (Lipinski definition) is 0. The van der Waals surface area contributed by atoms with E-state index in [1.807, 2.05) is 30.0 Å². The van der Waals surface area contributed by atoms with Gasteiger partial charge >= 0.3 is 0 Å². The molecular formula is C19H24N4O2. The Morgan fingerprint density at radius 3 is 2.68 bits per heavy atom. The molecule has 0 aliphatic carbocycles. The van der Waals surface area contributed by atoms with Crippen LogP contribution in [-0.2, 0) is 9.53 Å². The molecule has 2 aliphatic rings. The number of rotatable bonds is 2. The molecule has 2 aliphatic heterocycles. The molecule has 1 aromatic heterocycles. The van der Waals surface area contributed by atoms with E-state index in [1.165, 1.54) is 0 Å². The van der Waals surface area contributed by atoms with Crippen molar-refractivity contribution in [2.45, 2.75) is 31.8 Å². The molecule has 2 aromatic rings. The van der Waals surface area contributed by atoms with E-state index in [4.69, 9.17) is 4.74 Å². The highest BCUT2D eigenvalue weighted by molar-refractivity contribution is 5.89. The van der Waals surface area contributed by atoms with Crippen molar-refractivity contribution in [2.75, 3.05) is 37.7 Å². The first-order valence-electron chi connectivity index (χ1n) is 9.05. The highest BCUT2D eigenvalue weighted by Crippen LogP contribution is 2.28. The largest absolute Gasteiger partial charge is 0.365 e. The lowest BCUT2D eigenvalue weighted by atomic mass is 9.94. The van der Waals surface area contributed by atoms with Crippen LogP contribution in [0.1, 0.15) is 26.2 Å². The van der Waals surface area contributed by atoms with E-state index in [0.717, 1.165) is 49.1 Å². The summed E-state index contributed by atoms with van der Waals surface area (Å²) < 4.78 is 5.82. The monoisotopic (exact) mass is 340 g/mol. The second kappa shape index (κ2) is 6.59. The van der Waals surface area contributed by atoms with Gasteiger partial charge in [0.1, 0.15) is 17.7 Å². The molecule has 0 radical (unpaired) electrons. The normalized spacial score (nSPS) is 24.5. The maximum absolute atomic E-state index is 12.9. The van der Waals surface area contributed by atoms with Crippen LogP contribution in [0.4, 0.5) is 5.82 Å². The standard InChI is InChI=1S/C19H24N4O2/c1-19(8-4-5-13-25-19)18(24)23-11-9-22(10-12-23)17-15-6-2-3-7-16(15)20-14-21-17/h2-3,6-7,14H,4-5,8-13H2,1H3/t19-/m1/s1. The van der Waals surface area contributed by atoms with E-state index in [9.17, 15) is 4.79 Å². The molecule has 0 bridgehead atoms. The van der Waals surface area contributed by atoms with Crippen molar-refractivity contribution in [3.05, 3.63) is 30.6 Å². The third-order valence-electron chi connectivity index (χ3n) is 5.31. The first kappa shape index (κ1) is 16.3. The van der Waals surface area contributed by atoms with Gasteiger partial charge < -0.3 is 14.5 Å². The molecule has 0 saturated carbocycles. The number of fused-ring (bicyclic) bond motifs is 1. The number of benzene rings is 1. The van der Waals surface area contributed by atoms with Crippen LogP contribution in [-0.4, -0.2) is 59.2 Å². The molecular weight excluding hydrogens is 316 g/mol. The average Bonchev–Trinajstić information content (AvgIpc) is 2.68. The van der Waals surface area contributed by atoms with Gasteiger partial charge in [0, 0.05) is 38.2 Å². The molecule has 6 nitrogen and oxygen atoms in total. The Hall–Kier alpha value is -2.21. The molecule has 4 rings (SSSR count). The van der Waals surface area contributed by atoms with Gasteiger partial charge in [-0.1, -0.05) is 12.1 Å². The minimum Gasteiger partial charge on any atom is -0.365 e. The summed E-state index contributed by atoms with van der Waals surface area (Å²) in [7, 11) is 0. The fraction of sp³-hybridized carbons (Fsp3) is 0.526. The number of nitrogens with zero attached hydrogens (tertiary/aromatic N) is 4. The van der Waals surface area contributed by atoms with Gasteiger partial charge in [0.25, 0.3) is 5.91 Å². The average molecular weight is 340 g/mol. The molecule has 3 heterocycles. The molecule has 2 fully saturated rings. The summed E-state index contributed by atoms with van der Waals surface area (Å²) in [6, 6.07) is 8.05. The van der Waals surface area contributed by atoms with Gasteiger partial charge in [0.15, 0.2) is 0 Å². The highest BCUT2D eigenvalue weighted by atomic mass is 16.5. The molecule has 1 atom stereocenters. The van der Waals surface area contributed by atoms with Gasteiger partial charge in [0.05, 0.1) is 5.52 Å². The van der Waals surface area contributed by atoms with E-state index in [1.54, 1.807) is 6.33 Å². The third kappa shape index (κ3) is 3.06. The van der Waals surface area contributed by atoms with Crippen LogP contribution < -0.4 is 4.90 Å². The predicted octanol–water partition coefficient (Wildman–Crippen LogP) is 2.24. The Balaban J connectivity index is 1.47. The molecule has 1 amide bonds. The fourth-order valence-electron chi connectivity index (χ4n) is 3.80. The van der Waals surface area contributed by atoms with Crippen molar-refractivity contribution in [2.24, 2.45) is 0 Å². The zero-order valence-electron chi connectivity index (χ0n) is 14.6. The summed E-state index contributed by atoms with van der Waals surface area (Å²) in [5.41, 5.74) is 0.316. The Kier molecular flexibility index (Phi) is 4.29. The molecule has 2 saturated heterocycles. The number of ether oxygens (including phenoxy) is 1. The first-order chi connectivity index (χ1) is 12.2. The Morgan fingerprint density at radius 2 is 1.92 bits per heavy atom. The second-order valence-electron chi connectivity index (χ2n) is 7.03. The van der Waals surface area contributed by atoms with Crippen molar-refractivity contribution < 1.29 is 9.53 Å². The predicted molar refractivity (Wildman–Crippen MR) is 96.5 cm³/mol. The van der Waals surface area contributed by atoms with Crippen molar-refractivity contribution in [1.82, 2.24) is 14.9 Å². The molecule has 132 valence electrons. The SMILES string of the molecule is C[C@]1(C(=O)N2CCN(c3ncnc4ccccc34)CC2)CCCCO1. The summed E-state index contributed by atoms with van der Waals surface area (Å²) in [5.74, 6) is 1.09. The zero-order chi connectivity index (χ0) is 17.3. The van der Waals surface area contributed by atoms with Crippen LogP contribution >= 0.6 is 0 Å². The summed E-state index contributed by atoms with van der Waals surface area (Å²) in [5, 5.41) is 1.06. The van der Waals surface area contributed by atoms with E-state index in [0.29, 0.717) is 19.7 Å². The third-order valence-corrected chi connectivity index (χ3v) is 5.31. The summed E-state index contributed by atoms with van der Waals surface area (Å²) in [6.45, 7) is 5.60. The summed E-state index contributed by atoms with van der Waals surface area (Å²) in [4.78, 5) is 25.9. The van der Waals surface area contributed by atoms with Gasteiger partial charge in [-0.25, -0.2) is 9.97 Å². The topological polar surface area (TPSA) is 58.6 Å². The quantitative estimate of drug-likeness (QED) is 0.839. The van der Waals surface area contributed by atoms with Gasteiger partial charge in [-0.3, -0.25) is 4.79 Å². The van der Waals surface area contributed by atoms with Crippen LogP contribution in [0.5, 0.6) is 0 Å². The van der Waals surface area contributed by atoms with Crippen LogP contribution in [0.25, 0.3) is 10.9 Å². The lowest BCUT2D eigenvalue weighted by Crippen LogP contribution is -2.56. The van der Waals surface area contributed by atoms with Crippen molar-refractivity contribution in [1.29, 1.82) is 0 Å². The summed E-state index contributed by atoms with van der Waals surface area (Å²) >= 11 is 0. The fourth-order valence-corrected chi connectivity index (χ4v) is 3.80. The number of amides is 1. The van der Waals surface area contributed by atoms with Crippen LogP contribution in [0.3, 0.4) is 0 Å². The van der Waals surface area contributed by atoms with Crippen LogP contribution in [0.2, 0.25) is 0 Å². The van der Waals surface area contributed by atoms with E-state index >= 15 is 0 Å². The van der Waals surface area contributed by atoms with Gasteiger partial charge in [-0.2, -0.15) is 0 Å². The van der Waals surface area contributed by atoms with Gasteiger partial charge in [0.2, 0.25) is 0 Å². The number of anilines is 1. The maximum Gasteiger partial charge on any atom is 0.254 e. The van der Waals surface area contributed by atoms with Crippen LogP contribution in [0.15, 0.2) is 30.6 Å². The molecule has 0 unspecified atom stereocenters. The maximum atomic E-state index is 12.9. The van der Waals surface area contributed by atoms with E-state index in [-0.39, 0.29) is 5.91 Å². The number of aromatic nitrogens is 2. The smallest absolute Gasteiger partial charge is 0.254 e. The Bertz CT molecular complexity index is 760.